The molecule has 0 bridgehead atoms. The molecule has 0 atom stereocenters. The summed E-state index contributed by atoms with van der Waals surface area (Å²) in [7, 11) is 1.67. The SMILES string of the molecule is COc1ccc2nc(-c3ccc(CO)cc3)c(C)cc2c1. The van der Waals surface area contributed by atoms with Gasteiger partial charge in [0.25, 0.3) is 0 Å². The maximum Gasteiger partial charge on any atom is 0.119 e. The number of hydrogen-bond acceptors (Lipinski definition) is 3. The average Bonchev–Trinajstić information content (AvgIpc) is 2.53. The van der Waals surface area contributed by atoms with Crippen molar-refractivity contribution in [2.45, 2.75) is 13.5 Å². The van der Waals surface area contributed by atoms with E-state index in [-0.39, 0.29) is 6.61 Å². The van der Waals surface area contributed by atoms with E-state index in [0.717, 1.165) is 39.0 Å². The number of aromatic nitrogens is 1. The zero-order chi connectivity index (χ0) is 14.8. The lowest BCUT2D eigenvalue weighted by Crippen LogP contribution is -1.92. The van der Waals surface area contributed by atoms with E-state index < -0.39 is 0 Å². The number of nitrogens with zero attached hydrogens (tertiary/aromatic N) is 1. The lowest BCUT2D eigenvalue weighted by molar-refractivity contribution is 0.282. The van der Waals surface area contributed by atoms with E-state index in [1.165, 1.54) is 0 Å². The smallest absolute Gasteiger partial charge is 0.119 e. The maximum absolute atomic E-state index is 9.12. The summed E-state index contributed by atoms with van der Waals surface area (Å²) in [5, 5.41) is 10.2. The first kappa shape index (κ1) is 13.6. The zero-order valence-electron chi connectivity index (χ0n) is 12.1. The fourth-order valence-corrected chi connectivity index (χ4v) is 2.45. The molecule has 3 rings (SSSR count). The topological polar surface area (TPSA) is 42.4 Å². The van der Waals surface area contributed by atoms with Gasteiger partial charge >= 0.3 is 0 Å². The third-order valence-electron chi connectivity index (χ3n) is 3.62. The molecule has 2 aromatic carbocycles. The van der Waals surface area contributed by atoms with Gasteiger partial charge in [-0.1, -0.05) is 24.3 Å². The zero-order valence-corrected chi connectivity index (χ0v) is 12.1. The Balaban J connectivity index is 2.11. The van der Waals surface area contributed by atoms with E-state index in [0.29, 0.717) is 0 Å². The lowest BCUT2D eigenvalue weighted by Gasteiger charge is -2.09. The molecule has 0 aliphatic heterocycles. The lowest BCUT2D eigenvalue weighted by atomic mass is 10.0. The first-order chi connectivity index (χ1) is 10.2. The summed E-state index contributed by atoms with van der Waals surface area (Å²) in [6, 6.07) is 15.9. The number of aryl methyl sites for hydroxylation is 1. The third-order valence-corrected chi connectivity index (χ3v) is 3.62. The molecule has 0 amide bonds. The van der Waals surface area contributed by atoms with Gasteiger partial charge in [-0.25, -0.2) is 4.98 Å². The van der Waals surface area contributed by atoms with Crippen LogP contribution in [-0.4, -0.2) is 17.2 Å². The summed E-state index contributed by atoms with van der Waals surface area (Å²) < 4.78 is 5.25. The molecule has 0 radical (unpaired) electrons. The second-order valence-electron chi connectivity index (χ2n) is 5.07. The van der Waals surface area contributed by atoms with Gasteiger partial charge < -0.3 is 9.84 Å². The van der Waals surface area contributed by atoms with Crippen molar-refractivity contribution in [3.05, 3.63) is 59.7 Å². The molecule has 106 valence electrons. The molecule has 0 saturated heterocycles. The number of fused-ring (bicyclic) bond motifs is 1. The average molecular weight is 279 g/mol. The van der Waals surface area contributed by atoms with Crippen LogP contribution < -0.4 is 4.74 Å². The number of hydrogen-bond donors (Lipinski definition) is 1. The molecular formula is C18H17NO2. The van der Waals surface area contributed by atoms with Crippen molar-refractivity contribution < 1.29 is 9.84 Å². The highest BCUT2D eigenvalue weighted by Crippen LogP contribution is 2.27. The van der Waals surface area contributed by atoms with Crippen LogP contribution in [0, 0.1) is 6.92 Å². The Bertz CT molecular complexity index is 779. The molecule has 3 heteroatoms. The summed E-state index contributed by atoms with van der Waals surface area (Å²) in [6.45, 7) is 2.12. The van der Waals surface area contributed by atoms with Gasteiger partial charge in [0.2, 0.25) is 0 Å². The van der Waals surface area contributed by atoms with Crippen molar-refractivity contribution in [3.8, 4) is 17.0 Å². The number of pyridine rings is 1. The number of rotatable bonds is 3. The molecule has 21 heavy (non-hydrogen) atoms. The van der Waals surface area contributed by atoms with Gasteiger partial charge in [-0.05, 0) is 42.3 Å². The molecule has 0 fully saturated rings. The normalized spacial score (nSPS) is 10.8. The molecule has 0 aliphatic carbocycles. The number of aliphatic hydroxyl groups is 1. The van der Waals surface area contributed by atoms with Gasteiger partial charge in [-0.2, -0.15) is 0 Å². The first-order valence-corrected chi connectivity index (χ1v) is 6.87. The Morgan fingerprint density at radius 1 is 1.05 bits per heavy atom. The number of methoxy groups -OCH3 is 1. The Kier molecular flexibility index (Phi) is 3.59. The molecule has 1 aromatic heterocycles. The summed E-state index contributed by atoms with van der Waals surface area (Å²) >= 11 is 0. The van der Waals surface area contributed by atoms with Crippen LogP contribution in [0.15, 0.2) is 48.5 Å². The van der Waals surface area contributed by atoms with Gasteiger partial charge in [0, 0.05) is 10.9 Å². The van der Waals surface area contributed by atoms with Crippen LogP contribution in [0.4, 0.5) is 0 Å². The Morgan fingerprint density at radius 2 is 1.81 bits per heavy atom. The minimum Gasteiger partial charge on any atom is -0.497 e. The maximum atomic E-state index is 9.12. The van der Waals surface area contributed by atoms with Crippen molar-refractivity contribution in [1.29, 1.82) is 0 Å². The standard InChI is InChI=1S/C18H17NO2/c1-12-9-15-10-16(21-2)7-8-17(15)19-18(12)14-5-3-13(11-20)4-6-14/h3-10,20H,11H2,1-2H3. The number of aliphatic hydroxyl groups excluding tert-OH is 1. The summed E-state index contributed by atoms with van der Waals surface area (Å²) in [5.41, 5.74) is 5.00. The second kappa shape index (κ2) is 5.54. The fraction of sp³-hybridized carbons (Fsp3) is 0.167. The molecule has 0 spiro atoms. The van der Waals surface area contributed by atoms with Crippen LogP contribution in [0.1, 0.15) is 11.1 Å². The van der Waals surface area contributed by atoms with E-state index >= 15 is 0 Å². The molecule has 1 heterocycles. The van der Waals surface area contributed by atoms with E-state index in [9.17, 15) is 0 Å². The van der Waals surface area contributed by atoms with Gasteiger partial charge in [0.1, 0.15) is 5.75 Å². The molecule has 0 saturated carbocycles. The van der Waals surface area contributed by atoms with Gasteiger partial charge in [0.15, 0.2) is 0 Å². The van der Waals surface area contributed by atoms with Gasteiger partial charge in [-0.3, -0.25) is 0 Å². The van der Waals surface area contributed by atoms with Crippen molar-refractivity contribution in [2.75, 3.05) is 7.11 Å². The predicted octanol–water partition coefficient (Wildman–Crippen LogP) is 3.71. The van der Waals surface area contributed by atoms with E-state index in [1.807, 2.05) is 42.5 Å². The highest BCUT2D eigenvalue weighted by atomic mass is 16.5. The predicted molar refractivity (Wildman–Crippen MR) is 84.4 cm³/mol. The Morgan fingerprint density at radius 3 is 2.48 bits per heavy atom. The van der Waals surface area contributed by atoms with Crippen LogP contribution in [0.25, 0.3) is 22.2 Å². The number of ether oxygens (including phenoxy) is 1. The molecule has 1 N–H and O–H groups in total. The van der Waals surface area contributed by atoms with Crippen LogP contribution >= 0.6 is 0 Å². The minimum atomic E-state index is 0.0597. The van der Waals surface area contributed by atoms with Crippen LogP contribution in [0.5, 0.6) is 5.75 Å². The van der Waals surface area contributed by atoms with Gasteiger partial charge in [0.05, 0.1) is 24.9 Å². The molecule has 3 aromatic rings. The molecule has 0 aliphatic rings. The van der Waals surface area contributed by atoms with Crippen LogP contribution in [0.3, 0.4) is 0 Å². The highest BCUT2D eigenvalue weighted by molar-refractivity contribution is 5.84. The fourth-order valence-electron chi connectivity index (χ4n) is 2.45. The van der Waals surface area contributed by atoms with Gasteiger partial charge in [-0.15, -0.1) is 0 Å². The van der Waals surface area contributed by atoms with E-state index in [4.69, 9.17) is 14.8 Å². The molecular weight excluding hydrogens is 262 g/mol. The van der Waals surface area contributed by atoms with Crippen molar-refractivity contribution in [2.24, 2.45) is 0 Å². The van der Waals surface area contributed by atoms with Crippen LogP contribution in [0.2, 0.25) is 0 Å². The van der Waals surface area contributed by atoms with Crippen LogP contribution in [-0.2, 0) is 6.61 Å². The molecule has 3 nitrogen and oxygen atoms in total. The van der Waals surface area contributed by atoms with Crippen molar-refractivity contribution in [1.82, 2.24) is 4.98 Å². The second-order valence-corrected chi connectivity index (χ2v) is 5.07. The van der Waals surface area contributed by atoms with E-state index in [2.05, 4.69) is 13.0 Å². The summed E-state index contributed by atoms with van der Waals surface area (Å²) in [5.74, 6) is 0.837. The Labute approximate surface area is 123 Å². The largest absolute Gasteiger partial charge is 0.497 e. The van der Waals surface area contributed by atoms with E-state index in [1.54, 1.807) is 7.11 Å². The third kappa shape index (κ3) is 2.60. The monoisotopic (exact) mass is 279 g/mol. The minimum absolute atomic E-state index is 0.0597. The van der Waals surface area contributed by atoms with Crippen molar-refractivity contribution in [3.63, 3.8) is 0 Å². The highest BCUT2D eigenvalue weighted by Gasteiger charge is 2.07. The Hall–Kier alpha value is -2.39. The number of benzene rings is 2. The first-order valence-electron chi connectivity index (χ1n) is 6.87. The van der Waals surface area contributed by atoms with Crippen molar-refractivity contribution >= 4 is 10.9 Å². The summed E-state index contributed by atoms with van der Waals surface area (Å²) in [4.78, 5) is 4.76. The summed E-state index contributed by atoms with van der Waals surface area (Å²) in [6.07, 6.45) is 0. The quantitative estimate of drug-likeness (QED) is 0.794. The molecule has 0 unspecified atom stereocenters.